The van der Waals surface area contributed by atoms with Crippen LogP contribution in [0, 0.1) is 39.4 Å². The van der Waals surface area contributed by atoms with Crippen LogP contribution in [0.25, 0.3) is 0 Å². The molecule has 1 N–H and O–H groups in total. The van der Waals surface area contributed by atoms with Crippen LogP contribution in [-0.4, -0.2) is 22.8 Å². The number of hydrogen-bond acceptors (Lipinski definition) is 3. The smallest absolute Gasteiger partial charge is 0.306 e. The second-order valence-electron chi connectivity index (χ2n) is 19.3. The van der Waals surface area contributed by atoms with E-state index in [-0.39, 0.29) is 22.9 Å². The fraction of sp³-hybridized carbons (Fsp3) is 0.933. The molecular weight excluding hydrogens is 588 g/mol. The fourth-order valence-corrected chi connectivity index (χ4v) is 12.4. The van der Waals surface area contributed by atoms with Crippen molar-refractivity contribution in [2.75, 3.05) is 0 Å². The second kappa shape index (κ2) is 17.1. The molecular formula is C45H80O3. The van der Waals surface area contributed by atoms with E-state index < -0.39 is 11.0 Å². The Kier molecular flexibility index (Phi) is 14.3. The van der Waals surface area contributed by atoms with E-state index >= 15 is 0 Å². The van der Waals surface area contributed by atoms with Gasteiger partial charge >= 0.3 is 5.97 Å². The standard InChI is InChI=1S/C45H80O3/c1-9-10-11-12-13-14-15-16-17-18-19-20-21-22-23-24-25-26-40(46)48-39-28-30-44(8)38-33-37-36(35(2)3)27-29-42(37,6)34-43(38,7)31-32-45(44,47)41(39,4)5/h36-39,47H,2,9-34H2,1,3-8H3. The van der Waals surface area contributed by atoms with Crippen LogP contribution >= 0.6 is 0 Å². The van der Waals surface area contributed by atoms with E-state index in [1.165, 1.54) is 128 Å². The van der Waals surface area contributed by atoms with Crippen LogP contribution in [0.15, 0.2) is 12.2 Å². The highest BCUT2D eigenvalue weighted by molar-refractivity contribution is 5.69. The van der Waals surface area contributed by atoms with Crippen LogP contribution in [0.1, 0.15) is 215 Å². The van der Waals surface area contributed by atoms with E-state index in [0.717, 1.165) is 38.5 Å². The molecule has 0 bridgehead atoms. The highest BCUT2D eigenvalue weighted by atomic mass is 16.5. The Morgan fingerprint density at radius 1 is 0.708 bits per heavy atom. The normalized spacial score (nSPS) is 37.0. The maximum absolute atomic E-state index is 13.1. The monoisotopic (exact) mass is 669 g/mol. The molecule has 0 aliphatic heterocycles. The third-order valence-electron chi connectivity index (χ3n) is 15.5. The summed E-state index contributed by atoms with van der Waals surface area (Å²) in [6.07, 6.45) is 32.0. The van der Waals surface area contributed by atoms with Crippen LogP contribution in [0.3, 0.4) is 0 Å². The van der Waals surface area contributed by atoms with Gasteiger partial charge in [0, 0.05) is 17.3 Å². The molecule has 0 aromatic rings. The lowest BCUT2D eigenvalue weighted by molar-refractivity contribution is -0.293. The summed E-state index contributed by atoms with van der Waals surface area (Å²) in [7, 11) is 0. The Hall–Kier alpha value is -0.830. The van der Waals surface area contributed by atoms with E-state index in [0.29, 0.717) is 29.6 Å². The molecule has 4 fully saturated rings. The van der Waals surface area contributed by atoms with E-state index in [9.17, 15) is 9.90 Å². The molecule has 0 saturated heterocycles. The highest BCUT2D eigenvalue weighted by Gasteiger charge is 2.71. The van der Waals surface area contributed by atoms with Crippen molar-refractivity contribution in [3.8, 4) is 0 Å². The predicted octanol–water partition coefficient (Wildman–Crippen LogP) is 13.3. The van der Waals surface area contributed by atoms with E-state index in [4.69, 9.17) is 4.74 Å². The van der Waals surface area contributed by atoms with Crippen molar-refractivity contribution < 1.29 is 14.6 Å². The van der Waals surface area contributed by atoms with Gasteiger partial charge < -0.3 is 9.84 Å². The van der Waals surface area contributed by atoms with Crippen molar-refractivity contribution >= 4 is 5.97 Å². The van der Waals surface area contributed by atoms with Crippen molar-refractivity contribution in [3.63, 3.8) is 0 Å². The van der Waals surface area contributed by atoms with Crippen LogP contribution < -0.4 is 0 Å². The zero-order chi connectivity index (χ0) is 35.1. The van der Waals surface area contributed by atoms with Crippen molar-refractivity contribution in [1.29, 1.82) is 0 Å². The second-order valence-corrected chi connectivity index (χ2v) is 19.3. The fourth-order valence-electron chi connectivity index (χ4n) is 12.4. The molecule has 3 heteroatoms. The summed E-state index contributed by atoms with van der Waals surface area (Å²) >= 11 is 0. The molecule has 4 aliphatic rings. The molecule has 0 aromatic carbocycles. The van der Waals surface area contributed by atoms with E-state index in [2.05, 4.69) is 55.0 Å². The highest BCUT2D eigenvalue weighted by Crippen LogP contribution is 2.74. The quantitative estimate of drug-likeness (QED) is 0.0798. The van der Waals surface area contributed by atoms with Crippen LogP contribution in [0.5, 0.6) is 0 Å². The molecule has 278 valence electrons. The number of unbranched alkanes of at least 4 members (excludes halogenated alkanes) is 16. The van der Waals surface area contributed by atoms with Crippen molar-refractivity contribution in [3.05, 3.63) is 12.2 Å². The summed E-state index contributed by atoms with van der Waals surface area (Å²) in [5, 5.41) is 12.8. The molecule has 0 heterocycles. The number of hydrogen-bond donors (Lipinski definition) is 1. The average Bonchev–Trinajstić information content (AvgIpc) is 3.37. The first-order valence-electron chi connectivity index (χ1n) is 21.3. The maximum atomic E-state index is 13.1. The lowest BCUT2D eigenvalue weighted by Crippen LogP contribution is -2.71. The molecule has 0 amide bonds. The third kappa shape index (κ3) is 8.61. The molecule has 4 aliphatic carbocycles. The zero-order valence-corrected chi connectivity index (χ0v) is 33.2. The van der Waals surface area contributed by atoms with Gasteiger partial charge in [-0.1, -0.05) is 156 Å². The first kappa shape index (κ1) is 39.9. The number of ether oxygens (including phenoxy) is 1. The van der Waals surface area contributed by atoms with Crippen molar-refractivity contribution in [2.24, 2.45) is 39.4 Å². The minimum Gasteiger partial charge on any atom is -0.462 e. The maximum Gasteiger partial charge on any atom is 0.306 e. The van der Waals surface area contributed by atoms with Gasteiger partial charge in [0.15, 0.2) is 0 Å². The molecule has 0 radical (unpaired) electrons. The summed E-state index contributed by atoms with van der Waals surface area (Å²) in [4.78, 5) is 13.1. The summed E-state index contributed by atoms with van der Waals surface area (Å²) in [5.41, 5.74) is 0.572. The van der Waals surface area contributed by atoms with Crippen LogP contribution in [0.4, 0.5) is 0 Å². The first-order valence-corrected chi connectivity index (χ1v) is 21.3. The Morgan fingerprint density at radius 2 is 1.23 bits per heavy atom. The largest absolute Gasteiger partial charge is 0.462 e. The van der Waals surface area contributed by atoms with Gasteiger partial charge in [-0.15, -0.1) is 0 Å². The lowest BCUT2D eigenvalue weighted by Gasteiger charge is -2.71. The van der Waals surface area contributed by atoms with Gasteiger partial charge in [-0.05, 0) is 93.3 Å². The number of fused-ring (bicyclic) bond motifs is 4. The molecule has 0 spiro atoms. The van der Waals surface area contributed by atoms with Gasteiger partial charge in [-0.3, -0.25) is 4.79 Å². The first-order chi connectivity index (χ1) is 22.7. The van der Waals surface area contributed by atoms with Gasteiger partial charge in [0.2, 0.25) is 0 Å². The summed E-state index contributed by atoms with van der Waals surface area (Å²) in [6.45, 7) is 20.9. The summed E-state index contributed by atoms with van der Waals surface area (Å²) in [5.74, 6) is 1.74. The SMILES string of the molecule is C=C(C)C1CCC2(C)CC3(C)CCC4(O)C(C)(C)C(OC(=O)CCCCCCCCCCCCCCCCCCC)CCC4(C)C3CC12. The Morgan fingerprint density at radius 3 is 1.75 bits per heavy atom. The number of rotatable bonds is 20. The van der Waals surface area contributed by atoms with Gasteiger partial charge in [0.05, 0.1) is 5.60 Å². The van der Waals surface area contributed by atoms with Crippen molar-refractivity contribution in [1.82, 2.24) is 0 Å². The number of aliphatic hydroxyl groups is 1. The molecule has 4 rings (SSSR count). The topological polar surface area (TPSA) is 46.5 Å². The van der Waals surface area contributed by atoms with E-state index in [1.807, 2.05) is 0 Å². The van der Waals surface area contributed by atoms with Gasteiger partial charge in [-0.2, -0.15) is 0 Å². The van der Waals surface area contributed by atoms with Crippen LogP contribution in [-0.2, 0) is 9.53 Å². The molecule has 4 saturated carbocycles. The lowest BCUT2D eigenvalue weighted by atomic mass is 9.36. The number of carbonyl (C=O) groups is 1. The van der Waals surface area contributed by atoms with E-state index in [1.54, 1.807) is 0 Å². The third-order valence-corrected chi connectivity index (χ3v) is 15.5. The zero-order valence-electron chi connectivity index (χ0n) is 33.2. The molecule has 3 nitrogen and oxygen atoms in total. The minimum absolute atomic E-state index is 0.0504. The molecule has 8 unspecified atom stereocenters. The molecule has 0 aromatic heterocycles. The number of carbonyl (C=O) groups excluding carboxylic acids is 1. The molecule has 48 heavy (non-hydrogen) atoms. The number of allylic oxidation sites excluding steroid dienone is 1. The summed E-state index contributed by atoms with van der Waals surface area (Å²) < 4.78 is 6.28. The minimum atomic E-state index is -0.827. The Bertz CT molecular complexity index is 1030. The summed E-state index contributed by atoms with van der Waals surface area (Å²) in [6, 6.07) is 0. The van der Waals surface area contributed by atoms with Gasteiger partial charge in [0.1, 0.15) is 6.10 Å². The Labute approximate surface area is 298 Å². The van der Waals surface area contributed by atoms with Gasteiger partial charge in [-0.25, -0.2) is 0 Å². The average molecular weight is 669 g/mol. The van der Waals surface area contributed by atoms with Gasteiger partial charge in [0.25, 0.3) is 0 Å². The predicted molar refractivity (Wildman–Crippen MR) is 204 cm³/mol. The Balaban J connectivity index is 1.15. The number of esters is 1. The van der Waals surface area contributed by atoms with Crippen LogP contribution in [0.2, 0.25) is 0 Å². The molecule has 8 atom stereocenters. The van der Waals surface area contributed by atoms with Crippen molar-refractivity contribution in [2.45, 2.75) is 227 Å².